The van der Waals surface area contributed by atoms with Crippen LogP contribution in [0.25, 0.3) is 0 Å². The highest BCUT2D eigenvalue weighted by molar-refractivity contribution is 7.66. The highest BCUT2D eigenvalue weighted by Crippen LogP contribution is 2.66. The lowest BCUT2D eigenvalue weighted by Gasteiger charge is -2.19. The zero-order chi connectivity index (χ0) is 24.5. The Labute approximate surface area is 178 Å². The molecule has 1 aliphatic rings. The second-order valence-corrected chi connectivity index (χ2v) is 10.4. The molecule has 32 heavy (non-hydrogen) atoms. The van der Waals surface area contributed by atoms with E-state index in [2.05, 4.69) is 13.1 Å². The largest absolute Gasteiger partial charge is 0.490 e. The Morgan fingerprint density at radius 1 is 1.12 bits per heavy atom. The Kier molecular flexibility index (Phi) is 7.87. The van der Waals surface area contributed by atoms with Crippen molar-refractivity contribution in [1.82, 2.24) is 9.13 Å². The van der Waals surface area contributed by atoms with Crippen molar-refractivity contribution >= 4 is 23.5 Å². The summed E-state index contributed by atoms with van der Waals surface area (Å²) < 4.78 is 51.7. The molecule has 0 bridgehead atoms. The van der Waals surface area contributed by atoms with Crippen LogP contribution in [0.5, 0.6) is 0 Å². The van der Waals surface area contributed by atoms with E-state index in [4.69, 9.17) is 32.3 Å². The van der Waals surface area contributed by atoms with Crippen LogP contribution < -0.4 is 11.2 Å². The van der Waals surface area contributed by atoms with Crippen molar-refractivity contribution in [2.24, 2.45) is 0 Å². The Morgan fingerprint density at radius 3 is 2.28 bits per heavy atom. The number of hydrogen-bond donors (Lipinski definition) is 5. The minimum absolute atomic E-state index is 0.294. The zero-order valence-corrected chi connectivity index (χ0v) is 18.2. The summed E-state index contributed by atoms with van der Waals surface area (Å²) in [5.74, 6) is 2.03. The summed E-state index contributed by atoms with van der Waals surface area (Å²) in [6.45, 7) is -0.952. The van der Waals surface area contributed by atoms with Crippen LogP contribution in [-0.4, -0.2) is 52.6 Å². The molecule has 1 aromatic heterocycles. The first-order valence-electron chi connectivity index (χ1n) is 8.02. The fourth-order valence-corrected chi connectivity index (χ4v) is 5.53. The second-order valence-electron chi connectivity index (χ2n) is 5.97. The van der Waals surface area contributed by atoms with Gasteiger partial charge in [0, 0.05) is 18.7 Å². The Morgan fingerprint density at radius 2 is 1.75 bits per heavy atom. The summed E-state index contributed by atoms with van der Waals surface area (Å²) in [6.07, 6.45) is 6.92. The molecule has 2 rings (SSSR count). The fraction of sp³-hybridized carbons (Fsp3) is 0.385. The monoisotopic (exact) mass is 516 g/mol. The van der Waals surface area contributed by atoms with Crippen molar-refractivity contribution < 1.29 is 56.3 Å². The number of rotatable bonds is 8. The molecule has 5 atom stereocenters. The van der Waals surface area contributed by atoms with Gasteiger partial charge in [0.2, 0.25) is 0 Å². The molecule has 1 aromatic rings. The highest BCUT2D eigenvalue weighted by Gasteiger charge is 2.43. The maximum atomic E-state index is 12.4. The fourth-order valence-electron chi connectivity index (χ4n) is 2.50. The molecule has 0 aliphatic carbocycles. The molecule has 2 heterocycles. The smallest absolute Gasteiger partial charge is 0.390 e. The molecule has 176 valence electrons. The van der Waals surface area contributed by atoms with Gasteiger partial charge < -0.3 is 29.4 Å². The van der Waals surface area contributed by atoms with Gasteiger partial charge in [-0.15, -0.1) is 6.42 Å². The number of phosphoric acid groups is 3. The van der Waals surface area contributed by atoms with E-state index in [9.17, 15) is 33.3 Å². The van der Waals surface area contributed by atoms with Crippen molar-refractivity contribution in [3.05, 3.63) is 32.6 Å². The first kappa shape index (κ1) is 26.4. The predicted molar refractivity (Wildman–Crippen MR) is 101 cm³/mol. The maximum Gasteiger partial charge on any atom is 0.490 e. The third-order valence-electron chi connectivity index (χ3n) is 3.73. The molecular formula is C13H15N2O14P3. The van der Waals surface area contributed by atoms with E-state index in [0.717, 1.165) is 10.8 Å². The van der Waals surface area contributed by atoms with Crippen molar-refractivity contribution in [3.8, 4) is 24.8 Å². The molecule has 1 saturated heterocycles. The number of phosphoric ester groups is 1. The van der Waals surface area contributed by atoms with Gasteiger partial charge in [-0.1, -0.05) is 12.3 Å². The van der Waals surface area contributed by atoms with E-state index in [1.165, 1.54) is 0 Å². The standard InChI is InChI=1S/C13H15N2O14P3/c1-3-8-6-15(13(18)14(4-2)12(8)17)11-5-9(16)10(27-11)7-26-31(22,23)29-32(24,25)28-30(19,20)21/h1-2,6,9-11,16H,5,7H2,(H,22,23)(H,24,25)(H2,19,20,21)/t9-,10+,11+/m0/s1. The van der Waals surface area contributed by atoms with Crippen molar-refractivity contribution in [1.29, 1.82) is 0 Å². The molecule has 16 nitrogen and oxygen atoms in total. The van der Waals surface area contributed by atoms with Gasteiger partial charge in [-0.25, -0.2) is 18.5 Å². The van der Waals surface area contributed by atoms with Crippen LogP contribution in [0, 0.1) is 24.8 Å². The van der Waals surface area contributed by atoms with E-state index in [1.54, 1.807) is 0 Å². The molecule has 5 N–H and O–H groups in total. The van der Waals surface area contributed by atoms with E-state index in [1.807, 2.05) is 12.0 Å². The Balaban J connectivity index is 2.15. The van der Waals surface area contributed by atoms with E-state index in [-0.39, 0.29) is 12.0 Å². The van der Waals surface area contributed by atoms with Gasteiger partial charge in [0.15, 0.2) is 0 Å². The molecule has 1 fully saturated rings. The molecule has 1 aliphatic heterocycles. The first-order chi connectivity index (χ1) is 14.6. The highest BCUT2D eigenvalue weighted by atomic mass is 31.3. The van der Waals surface area contributed by atoms with Gasteiger partial charge in [0.25, 0.3) is 5.56 Å². The van der Waals surface area contributed by atoms with E-state index < -0.39 is 59.8 Å². The summed E-state index contributed by atoms with van der Waals surface area (Å²) in [4.78, 5) is 59.8. The zero-order valence-electron chi connectivity index (χ0n) is 15.5. The number of aliphatic hydroxyl groups is 1. The summed E-state index contributed by atoms with van der Waals surface area (Å²) in [7, 11) is -16.7. The Bertz CT molecular complexity index is 1230. The van der Waals surface area contributed by atoms with Crippen LogP contribution >= 0.6 is 23.5 Å². The molecule has 0 amide bonds. The number of nitrogens with zero attached hydrogens (tertiary/aromatic N) is 2. The third-order valence-corrected chi connectivity index (χ3v) is 7.53. The SMILES string of the molecule is C#Cc1cn([C@H]2C[C@H](O)[C@@H](COP(=O)(O)OP(=O)(O)OP(=O)(O)O)O2)c(=O)n(C#C)c1=O. The summed E-state index contributed by atoms with van der Waals surface area (Å²) in [5.41, 5.74) is -2.25. The lowest BCUT2D eigenvalue weighted by Crippen LogP contribution is -2.40. The van der Waals surface area contributed by atoms with E-state index in [0.29, 0.717) is 4.57 Å². The molecular weight excluding hydrogens is 501 g/mol. The third kappa shape index (κ3) is 6.57. The molecule has 0 saturated carbocycles. The average Bonchev–Trinajstić information content (AvgIpc) is 2.98. The maximum absolute atomic E-state index is 12.4. The summed E-state index contributed by atoms with van der Waals surface area (Å²) >= 11 is 0. The minimum Gasteiger partial charge on any atom is -0.390 e. The molecule has 2 unspecified atom stereocenters. The normalized spacial score (nSPS) is 24.8. The van der Waals surface area contributed by atoms with Gasteiger partial charge >= 0.3 is 29.2 Å². The van der Waals surface area contributed by atoms with Gasteiger partial charge in [0.1, 0.15) is 17.9 Å². The molecule has 0 aromatic carbocycles. The van der Waals surface area contributed by atoms with Gasteiger partial charge in [-0.05, 0) is 0 Å². The summed E-state index contributed by atoms with van der Waals surface area (Å²) in [5, 5.41) is 10.1. The average molecular weight is 516 g/mol. The molecule has 0 radical (unpaired) electrons. The molecule has 19 heteroatoms. The number of ether oxygens (including phenoxy) is 1. The van der Waals surface area contributed by atoms with Gasteiger partial charge in [-0.3, -0.25) is 13.9 Å². The quantitative estimate of drug-likeness (QED) is 0.194. The lowest BCUT2D eigenvalue weighted by atomic mass is 10.2. The minimum atomic E-state index is -5.72. The van der Waals surface area contributed by atoms with Crippen LogP contribution in [0.3, 0.4) is 0 Å². The van der Waals surface area contributed by atoms with Crippen molar-refractivity contribution in [2.75, 3.05) is 6.61 Å². The van der Waals surface area contributed by atoms with E-state index >= 15 is 0 Å². The number of aliphatic hydroxyl groups excluding tert-OH is 1. The van der Waals surface area contributed by atoms with Crippen LogP contribution in [0.2, 0.25) is 0 Å². The number of hydrogen-bond acceptors (Lipinski definition) is 10. The van der Waals surface area contributed by atoms with Crippen molar-refractivity contribution in [3.63, 3.8) is 0 Å². The Hall–Kier alpha value is -1.87. The molecule has 0 spiro atoms. The topological polar surface area (TPSA) is 233 Å². The van der Waals surface area contributed by atoms with Crippen LogP contribution in [0.4, 0.5) is 0 Å². The van der Waals surface area contributed by atoms with Crippen LogP contribution in [0.1, 0.15) is 18.2 Å². The second kappa shape index (κ2) is 9.55. The number of aromatic nitrogens is 2. The van der Waals surface area contributed by atoms with Gasteiger partial charge in [-0.2, -0.15) is 13.2 Å². The lowest BCUT2D eigenvalue weighted by molar-refractivity contribution is -0.0452. The van der Waals surface area contributed by atoms with Gasteiger partial charge in [0.05, 0.1) is 12.7 Å². The first-order valence-corrected chi connectivity index (χ1v) is 12.5. The van der Waals surface area contributed by atoms with Crippen LogP contribution in [0.15, 0.2) is 15.8 Å². The van der Waals surface area contributed by atoms with Crippen molar-refractivity contribution in [2.45, 2.75) is 24.9 Å². The summed E-state index contributed by atoms with van der Waals surface area (Å²) in [6, 6.07) is 1.84. The predicted octanol–water partition coefficient (Wildman–Crippen LogP) is -1.58. The van der Waals surface area contributed by atoms with Crippen LogP contribution in [-0.2, 0) is 31.6 Å². The number of terminal acetylenes is 2.